The van der Waals surface area contributed by atoms with Crippen LogP contribution in [0.4, 0.5) is 0 Å². The highest BCUT2D eigenvalue weighted by molar-refractivity contribution is 9.10. The van der Waals surface area contributed by atoms with Crippen LogP contribution in [0.3, 0.4) is 0 Å². The third-order valence-electron chi connectivity index (χ3n) is 1.78. The van der Waals surface area contributed by atoms with E-state index in [4.69, 9.17) is 17.3 Å². The molecule has 0 aliphatic heterocycles. The fourth-order valence-electron chi connectivity index (χ4n) is 1.11. The van der Waals surface area contributed by atoms with Gasteiger partial charge in [-0.15, -0.1) is 19.0 Å². The normalized spacial score (nSPS) is 11.6. The number of halogens is 3. The third kappa shape index (κ3) is 3.62. The molecule has 0 aromatic heterocycles. The number of nitrogens with two attached hydrogens (primary N) is 1. The standard InChI is InChI=1S/C10H11BrClN.ClH/c1-2-3-10(13)8-6-7(11)4-5-9(8)12;/h2,4-6,10H,1,3,13H2;1H/t10-;/m1./s1. The van der Waals surface area contributed by atoms with Crippen molar-refractivity contribution in [3.8, 4) is 0 Å². The van der Waals surface area contributed by atoms with E-state index in [-0.39, 0.29) is 18.4 Å². The van der Waals surface area contributed by atoms with Crippen LogP contribution in [-0.2, 0) is 0 Å². The second-order valence-electron chi connectivity index (χ2n) is 2.80. The van der Waals surface area contributed by atoms with Crippen molar-refractivity contribution in [2.75, 3.05) is 0 Å². The van der Waals surface area contributed by atoms with Gasteiger partial charge in [0.2, 0.25) is 0 Å². The van der Waals surface area contributed by atoms with E-state index in [1.807, 2.05) is 18.2 Å². The molecule has 1 atom stereocenters. The molecule has 0 fully saturated rings. The molecule has 4 heteroatoms. The molecule has 0 saturated carbocycles. The molecule has 1 nitrogen and oxygen atoms in total. The molecule has 0 heterocycles. The predicted molar refractivity (Wildman–Crippen MR) is 68.1 cm³/mol. The lowest BCUT2D eigenvalue weighted by atomic mass is 10.1. The highest BCUT2D eigenvalue weighted by Crippen LogP contribution is 2.26. The van der Waals surface area contributed by atoms with Gasteiger partial charge in [-0.1, -0.05) is 33.6 Å². The van der Waals surface area contributed by atoms with E-state index in [2.05, 4.69) is 22.5 Å². The molecule has 78 valence electrons. The van der Waals surface area contributed by atoms with E-state index in [9.17, 15) is 0 Å². The van der Waals surface area contributed by atoms with Crippen molar-refractivity contribution in [2.45, 2.75) is 12.5 Å². The smallest absolute Gasteiger partial charge is 0.0454 e. The quantitative estimate of drug-likeness (QED) is 0.835. The van der Waals surface area contributed by atoms with Gasteiger partial charge in [0.25, 0.3) is 0 Å². The summed E-state index contributed by atoms with van der Waals surface area (Å²) in [6.45, 7) is 3.64. The average molecular weight is 297 g/mol. The van der Waals surface area contributed by atoms with Crippen LogP contribution in [0, 0.1) is 0 Å². The largest absolute Gasteiger partial charge is 0.324 e. The number of hydrogen-bond donors (Lipinski definition) is 1. The molecule has 0 spiro atoms. The molecule has 1 aromatic carbocycles. The van der Waals surface area contributed by atoms with Crippen LogP contribution in [-0.4, -0.2) is 0 Å². The first-order chi connectivity index (χ1) is 6.15. The minimum absolute atomic E-state index is 0. The topological polar surface area (TPSA) is 26.0 Å². The fourth-order valence-corrected chi connectivity index (χ4v) is 1.74. The number of rotatable bonds is 3. The lowest BCUT2D eigenvalue weighted by Crippen LogP contribution is -2.09. The Bertz CT molecular complexity index is 315. The van der Waals surface area contributed by atoms with Crippen LogP contribution in [0.5, 0.6) is 0 Å². The zero-order valence-corrected chi connectivity index (χ0v) is 10.7. The van der Waals surface area contributed by atoms with E-state index in [0.717, 1.165) is 16.5 Å². The molecular formula is C10H12BrCl2N. The number of benzene rings is 1. The van der Waals surface area contributed by atoms with E-state index in [1.165, 1.54) is 0 Å². The second kappa shape index (κ2) is 6.46. The summed E-state index contributed by atoms with van der Waals surface area (Å²) in [5.74, 6) is 0. The van der Waals surface area contributed by atoms with Gasteiger partial charge in [0, 0.05) is 15.5 Å². The summed E-state index contributed by atoms with van der Waals surface area (Å²) in [5.41, 5.74) is 6.85. The fraction of sp³-hybridized carbons (Fsp3) is 0.200. The van der Waals surface area contributed by atoms with Crippen molar-refractivity contribution in [1.29, 1.82) is 0 Å². The van der Waals surface area contributed by atoms with Gasteiger partial charge < -0.3 is 5.73 Å². The van der Waals surface area contributed by atoms with Crippen molar-refractivity contribution in [1.82, 2.24) is 0 Å². The Morgan fingerprint density at radius 1 is 1.57 bits per heavy atom. The van der Waals surface area contributed by atoms with Crippen molar-refractivity contribution < 1.29 is 0 Å². The van der Waals surface area contributed by atoms with Crippen LogP contribution in [0.1, 0.15) is 18.0 Å². The van der Waals surface area contributed by atoms with Crippen molar-refractivity contribution in [3.63, 3.8) is 0 Å². The minimum atomic E-state index is -0.0671. The van der Waals surface area contributed by atoms with E-state index < -0.39 is 0 Å². The van der Waals surface area contributed by atoms with Crippen LogP contribution in [0.25, 0.3) is 0 Å². The maximum absolute atomic E-state index is 5.99. The van der Waals surface area contributed by atoms with Crippen molar-refractivity contribution >= 4 is 39.9 Å². The predicted octanol–water partition coefficient (Wildman–Crippen LogP) is 4.10. The Hall–Kier alpha value is -0.0200. The summed E-state index contributed by atoms with van der Waals surface area (Å²) in [7, 11) is 0. The minimum Gasteiger partial charge on any atom is -0.324 e. The van der Waals surface area contributed by atoms with Gasteiger partial charge in [-0.2, -0.15) is 0 Å². The zero-order chi connectivity index (χ0) is 9.84. The lowest BCUT2D eigenvalue weighted by Gasteiger charge is -2.11. The monoisotopic (exact) mass is 295 g/mol. The lowest BCUT2D eigenvalue weighted by molar-refractivity contribution is 0.741. The molecule has 14 heavy (non-hydrogen) atoms. The third-order valence-corrected chi connectivity index (χ3v) is 2.62. The molecule has 1 rings (SSSR count). The summed E-state index contributed by atoms with van der Waals surface area (Å²) < 4.78 is 0.992. The van der Waals surface area contributed by atoms with E-state index in [0.29, 0.717) is 5.02 Å². The first-order valence-electron chi connectivity index (χ1n) is 3.96. The Balaban J connectivity index is 0.00000169. The Labute approximate surface area is 104 Å². The Morgan fingerprint density at radius 3 is 2.79 bits per heavy atom. The number of hydrogen-bond acceptors (Lipinski definition) is 1. The van der Waals surface area contributed by atoms with Gasteiger partial charge in [-0.05, 0) is 30.2 Å². The Morgan fingerprint density at radius 2 is 2.21 bits per heavy atom. The first-order valence-corrected chi connectivity index (χ1v) is 5.13. The van der Waals surface area contributed by atoms with E-state index in [1.54, 1.807) is 6.08 Å². The summed E-state index contributed by atoms with van der Waals surface area (Å²) in [5, 5.41) is 0.706. The maximum atomic E-state index is 5.99. The average Bonchev–Trinajstić information content (AvgIpc) is 2.09. The Kier molecular flexibility index (Phi) is 6.45. The highest BCUT2D eigenvalue weighted by Gasteiger charge is 2.08. The van der Waals surface area contributed by atoms with Crippen LogP contribution >= 0.6 is 39.9 Å². The van der Waals surface area contributed by atoms with Crippen LogP contribution in [0.2, 0.25) is 5.02 Å². The molecule has 2 N–H and O–H groups in total. The molecule has 0 unspecified atom stereocenters. The molecule has 1 aromatic rings. The van der Waals surface area contributed by atoms with Crippen molar-refractivity contribution in [2.24, 2.45) is 5.73 Å². The molecule has 0 aliphatic rings. The van der Waals surface area contributed by atoms with Gasteiger partial charge in [-0.25, -0.2) is 0 Å². The maximum Gasteiger partial charge on any atom is 0.0454 e. The molecule has 0 saturated heterocycles. The van der Waals surface area contributed by atoms with Gasteiger partial charge in [0.15, 0.2) is 0 Å². The zero-order valence-electron chi connectivity index (χ0n) is 7.54. The van der Waals surface area contributed by atoms with Gasteiger partial charge in [0.05, 0.1) is 0 Å². The molecule has 0 radical (unpaired) electrons. The van der Waals surface area contributed by atoms with Gasteiger partial charge >= 0.3 is 0 Å². The summed E-state index contributed by atoms with van der Waals surface area (Å²) >= 11 is 9.37. The molecular weight excluding hydrogens is 285 g/mol. The van der Waals surface area contributed by atoms with Crippen molar-refractivity contribution in [3.05, 3.63) is 45.9 Å². The molecule has 0 bridgehead atoms. The molecule has 0 amide bonds. The first kappa shape index (κ1) is 14.0. The van der Waals surface area contributed by atoms with Gasteiger partial charge in [-0.3, -0.25) is 0 Å². The SMILES string of the molecule is C=CC[C@@H](N)c1cc(Br)ccc1Cl.Cl. The summed E-state index contributed by atoms with van der Waals surface area (Å²) in [4.78, 5) is 0. The van der Waals surface area contributed by atoms with Crippen LogP contribution < -0.4 is 5.73 Å². The second-order valence-corrected chi connectivity index (χ2v) is 4.12. The van der Waals surface area contributed by atoms with Gasteiger partial charge in [0.1, 0.15) is 0 Å². The van der Waals surface area contributed by atoms with E-state index >= 15 is 0 Å². The molecule has 0 aliphatic carbocycles. The highest BCUT2D eigenvalue weighted by atomic mass is 79.9. The summed E-state index contributed by atoms with van der Waals surface area (Å²) in [6, 6.07) is 5.61. The summed E-state index contributed by atoms with van der Waals surface area (Å²) in [6.07, 6.45) is 2.53. The van der Waals surface area contributed by atoms with Crippen LogP contribution in [0.15, 0.2) is 35.3 Å².